The fourth-order valence-corrected chi connectivity index (χ4v) is 4.31. The number of carboxylic acid groups (broad SMARTS) is 1. The number of aryl methyl sites for hydroxylation is 1. The third-order valence-electron chi connectivity index (χ3n) is 5.26. The number of carbonyl (C=O) groups excluding carboxylic acids is 2. The predicted octanol–water partition coefficient (Wildman–Crippen LogP) is 4.68. The van der Waals surface area contributed by atoms with E-state index >= 15 is 0 Å². The van der Waals surface area contributed by atoms with Crippen molar-refractivity contribution in [2.45, 2.75) is 58.2 Å². The van der Waals surface area contributed by atoms with Crippen LogP contribution in [-0.4, -0.2) is 50.3 Å². The minimum Gasteiger partial charge on any atom is -0.497 e. The zero-order chi connectivity index (χ0) is 26.5. The molecule has 0 saturated heterocycles. The molecule has 0 amide bonds. The Balaban J connectivity index is 0.00000222. The molecule has 8 nitrogen and oxygen atoms in total. The van der Waals surface area contributed by atoms with E-state index in [1.165, 1.54) is 23.9 Å². The number of methoxy groups -OCH3 is 1. The van der Waals surface area contributed by atoms with Crippen LogP contribution in [0.25, 0.3) is 0 Å². The molecular weight excluding hydrogens is 478 g/mol. The molecule has 0 atom stereocenters. The van der Waals surface area contributed by atoms with E-state index in [2.05, 4.69) is 10.2 Å². The SMILES string of the molecule is CC.CCn1c(CCC(=O)Cc2ccc(OC)cc2)nnc1SCC(=O)Cc1ccc(C(=O)O)cc1. The van der Waals surface area contributed by atoms with Crippen molar-refractivity contribution in [2.75, 3.05) is 12.9 Å². The Morgan fingerprint density at radius 1 is 0.917 bits per heavy atom. The highest BCUT2D eigenvalue weighted by Crippen LogP contribution is 2.19. The highest BCUT2D eigenvalue weighted by molar-refractivity contribution is 7.99. The largest absolute Gasteiger partial charge is 0.497 e. The number of aromatic carboxylic acids is 1. The van der Waals surface area contributed by atoms with Gasteiger partial charge in [0.1, 0.15) is 23.1 Å². The van der Waals surface area contributed by atoms with Crippen molar-refractivity contribution in [2.24, 2.45) is 0 Å². The van der Waals surface area contributed by atoms with Gasteiger partial charge in [0.15, 0.2) is 5.16 Å². The summed E-state index contributed by atoms with van der Waals surface area (Å²) in [6.45, 7) is 6.62. The van der Waals surface area contributed by atoms with Crippen molar-refractivity contribution in [1.29, 1.82) is 0 Å². The molecule has 1 N–H and O–H groups in total. The number of ether oxygens (including phenoxy) is 1. The molecule has 36 heavy (non-hydrogen) atoms. The van der Waals surface area contributed by atoms with Crippen LogP contribution < -0.4 is 4.74 Å². The molecule has 0 saturated carbocycles. The number of Topliss-reactive ketones (excluding diaryl/α,β-unsaturated/α-hetero) is 2. The van der Waals surface area contributed by atoms with Gasteiger partial charge in [0.05, 0.1) is 18.4 Å². The quantitative estimate of drug-likeness (QED) is 0.329. The summed E-state index contributed by atoms with van der Waals surface area (Å²) in [7, 11) is 1.61. The van der Waals surface area contributed by atoms with Crippen molar-refractivity contribution >= 4 is 29.3 Å². The summed E-state index contributed by atoms with van der Waals surface area (Å²) in [6, 6.07) is 13.7. The van der Waals surface area contributed by atoms with Gasteiger partial charge in [0.25, 0.3) is 0 Å². The van der Waals surface area contributed by atoms with Gasteiger partial charge in [-0.25, -0.2) is 4.79 Å². The number of aromatic nitrogens is 3. The second-order valence-corrected chi connectivity index (χ2v) is 8.66. The Kier molecular flexibility index (Phi) is 11.9. The molecular formula is C27H33N3O5S. The van der Waals surface area contributed by atoms with Crippen LogP contribution in [-0.2, 0) is 35.4 Å². The van der Waals surface area contributed by atoms with Gasteiger partial charge < -0.3 is 14.4 Å². The van der Waals surface area contributed by atoms with Gasteiger partial charge in [-0.05, 0) is 42.3 Å². The van der Waals surface area contributed by atoms with Gasteiger partial charge in [0.2, 0.25) is 0 Å². The summed E-state index contributed by atoms with van der Waals surface area (Å²) >= 11 is 1.32. The van der Waals surface area contributed by atoms with Crippen LogP contribution in [0.15, 0.2) is 53.7 Å². The van der Waals surface area contributed by atoms with E-state index in [1.54, 1.807) is 19.2 Å². The fourth-order valence-electron chi connectivity index (χ4n) is 3.43. The summed E-state index contributed by atoms with van der Waals surface area (Å²) in [5.41, 5.74) is 1.90. The van der Waals surface area contributed by atoms with Crippen molar-refractivity contribution in [3.63, 3.8) is 0 Å². The lowest BCUT2D eigenvalue weighted by molar-refractivity contribution is -0.118. The maximum Gasteiger partial charge on any atom is 0.335 e. The van der Waals surface area contributed by atoms with Crippen LogP contribution in [0, 0.1) is 0 Å². The molecule has 0 unspecified atom stereocenters. The summed E-state index contributed by atoms with van der Waals surface area (Å²) in [5.74, 6) is 0.848. The maximum atomic E-state index is 12.4. The lowest BCUT2D eigenvalue weighted by Gasteiger charge is -2.07. The van der Waals surface area contributed by atoms with Gasteiger partial charge >= 0.3 is 5.97 Å². The minimum atomic E-state index is -0.995. The molecule has 0 fully saturated rings. The number of ketones is 2. The Morgan fingerprint density at radius 2 is 1.50 bits per heavy atom. The highest BCUT2D eigenvalue weighted by atomic mass is 32.2. The van der Waals surface area contributed by atoms with Gasteiger partial charge in [0, 0.05) is 32.2 Å². The van der Waals surface area contributed by atoms with Crippen molar-refractivity contribution in [3.8, 4) is 5.75 Å². The Bertz CT molecular complexity index is 1140. The number of carbonyl (C=O) groups is 3. The Labute approximate surface area is 216 Å². The molecule has 9 heteroatoms. The van der Waals surface area contributed by atoms with Crippen LogP contribution in [0.2, 0.25) is 0 Å². The second-order valence-electron chi connectivity index (χ2n) is 7.71. The first-order chi connectivity index (χ1) is 17.4. The predicted molar refractivity (Wildman–Crippen MR) is 140 cm³/mol. The molecule has 0 bridgehead atoms. The van der Waals surface area contributed by atoms with Gasteiger partial charge in [-0.3, -0.25) is 9.59 Å². The summed E-state index contributed by atoms with van der Waals surface area (Å²) in [5, 5.41) is 18.1. The summed E-state index contributed by atoms with van der Waals surface area (Å²) in [6.07, 6.45) is 1.42. The number of benzene rings is 2. The smallest absolute Gasteiger partial charge is 0.335 e. The first-order valence-electron chi connectivity index (χ1n) is 11.9. The average Bonchev–Trinajstić information content (AvgIpc) is 3.30. The molecule has 3 aromatic rings. The van der Waals surface area contributed by atoms with E-state index in [4.69, 9.17) is 9.84 Å². The second kappa shape index (κ2) is 14.8. The molecule has 0 aliphatic rings. The lowest BCUT2D eigenvalue weighted by atomic mass is 10.1. The number of rotatable bonds is 13. The fraction of sp³-hybridized carbons (Fsp3) is 0.370. The zero-order valence-corrected chi connectivity index (χ0v) is 22.0. The summed E-state index contributed by atoms with van der Waals surface area (Å²) < 4.78 is 7.07. The Morgan fingerprint density at radius 3 is 2.06 bits per heavy atom. The van der Waals surface area contributed by atoms with Crippen LogP contribution in [0.4, 0.5) is 0 Å². The van der Waals surface area contributed by atoms with E-state index in [0.717, 1.165) is 22.7 Å². The van der Waals surface area contributed by atoms with E-state index in [0.29, 0.717) is 31.0 Å². The third-order valence-corrected chi connectivity index (χ3v) is 6.29. The van der Waals surface area contributed by atoms with E-state index in [9.17, 15) is 14.4 Å². The maximum absolute atomic E-state index is 12.4. The molecule has 1 heterocycles. The van der Waals surface area contributed by atoms with Crippen molar-refractivity contribution in [1.82, 2.24) is 14.8 Å². The molecule has 192 valence electrons. The summed E-state index contributed by atoms with van der Waals surface area (Å²) in [4.78, 5) is 35.8. The standard InChI is InChI=1S/C25H27N3O5S.C2H6/c1-3-28-23(13-10-20(29)14-18-6-11-22(33-2)12-7-18)26-27-25(28)34-16-21(30)15-17-4-8-19(9-5-17)24(31)32;1-2/h4-9,11-12H,3,10,13-16H2,1-2H3,(H,31,32);1-2H3. The van der Waals surface area contributed by atoms with Crippen LogP contribution in [0.5, 0.6) is 5.75 Å². The molecule has 0 radical (unpaired) electrons. The monoisotopic (exact) mass is 511 g/mol. The highest BCUT2D eigenvalue weighted by Gasteiger charge is 2.15. The van der Waals surface area contributed by atoms with Crippen molar-refractivity contribution < 1.29 is 24.2 Å². The van der Waals surface area contributed by atoms with Crippen LogP contribution in [0.3, 0.4) is 0 Å². The van der Waals surface area contributed by atoms with Crippen LogP contribution >= 0.6 is 11.8 Å². The topological polar surface area (TPSA) is 111 Å². The molecule has 0 aliphatic carbocycles. The van der Waals surface area contributed by atoms with Crippen molar-refractivity contribution in [3.05, 3.63) is 71.0 Å². The number of thioether (sulfide) groups is 1. The molecule has 0 spiro atoms. The van der Waals surface area contributed by atoms with Gasteiger partial charge in [-0.1, -0.05) is 49.9 Å². The number of carboxylic acids is 1. The number of hydrogen-bond donors (Lipinski definition) is 1. The van der Waals surface area contributed by atoms with E-state index < -0.39 is 5.97 Å². The van der Waals surface area contributed by atoms with E-state index in [-0.39, 0.29) is 29.3 Å². The van der Waals surface area contributed by atoms with Gasteiger partial charge in [-0.15, -0.1) is 10.2 Å². The van der Waals surface area contributed by atoms with Gasteiger partial charge in [-0.2, -0.15) is 0 Å². The first-order valence-corrected chi connectivity index (χ1v) is 12.9. The molecule has 1 aromatic heterocycles. The first kappa shape index (κ1) is 28.8. The average molecular weight is 512 g/mol. The normalized spacial score (nSPS) is 10.3. The molecule has 2 aromatic carbocycles. The van der Waals surface area contributed by atoms with E-state index in [1.807, 2.05) is 49.6 Å². The van der Waals surface area contributed by atoms with Crippen LogP contribution in [0.1, 0.15) is 54.5 Å². The minimum absolute atomic E-state index is 0.00921. The number of nitrogens with zero attached hydrogens (tertiary/aromatic N) is 3. The zero-order valence-electron chi connectivity index (χ0n) is 21.2. The molecule has 0 aliphatic heterocycles. The lowest BCUT2D eigenvalue weighted by Crippen LogP contribution is -2.10. The molecule has 3 rings (SSSR count). The number of hydrogen-bond acceptors (Lipinski definition) is 7. The Hall–Kier alpha value is -3.46. The third kappa shape index (κ3) is 8.64.